The van der Waals surface area contributed by atoms with E-state index in [0.29, 0.717) is 6.61 Å². The Hall–Kier alpha value is -1.16. The highest BCUT2D eigenvalue weighted by Crippen LogP contribution is 2.15. The lowest BCUT2D eigenvalue weighted by atomic mass is 10.2. The fraction of sp³-hybridized carbons (Fsp3) is 0.143. The highest BCUT2D eigenvalue weighted by Gasteiger charge is 2.05. The molecule has 11 heavy (non-hydrogen) atoms. The number of hydrogen-bond donors (Lipinski definition) is 0. The molecule has 0 amide bonds. The summed E-state index contributed by atoms with van der Waals surface area (Å²) in [5.41, 5.74) is 2.00. The van der Waals surface area contributed by atoms with E-state index in [1.807, 2.05) is 17.5 Å². The van der Waals surface area contributed by atoms with Gasteiger partial charge in [0.2, 0.25) is 0 Å². The van der Waals surface area contributed by atoms with Crippen molar-refractivity contribution in [1.82, 2.24) is 9.59 Å². The van der Waals surface area contributed by atoms with E-state index < -0.39 is 0 Å². The summed E-state index contributed by atoms with van der Waals surface area (Å²) in [6, 6.07) is 0. The van der Waals surface area contributed by atoms with Crippen molar-refractivity contribution in [2.45, 2.75) is 0 Å². The van der Waals surface area contributed by atoms with E-state index in [1.165, 1.54) is 11.5 Å². The van der Waals surface area contributed by atoms with Gasteiger partial charge in [-0.2, -0.15) is 0 Å². The van der Waals surface area contributed by atoms with E-state index in [9.17, 15) is 0 Å². The summed E-state index contributed by atoms with van der Waals surface area (Å²) >= 11 is 1.35. The van der Waals surface area contributed by atoms with Crippen LogP contribution in [-0.4, -0.2) is 16.2 Å². The first-order chi connectivity index (χ1) is 5.47. The van der Waals surface area contributed by atoms with Crippen molar-refractivity contribution in [1.29, 1.82) is 0 Å². The topological polar surface area (TPSA) is 35.0 Å². The molecule has 1 aliphatic rings. The lowest BCUT2D eigenvalue weighted by molar-refractivity contribution is 0.292. The van der Waals surface area contributed by atoms with E-state index in [4.69, 9.17) is 4.74 Å². The van der Waals surface area contributed by atoms with Gasteiger partial charge < -0.3 is 4.74 Å². The van der Waals surface area contributed by atoms with Crippen molar-refractivity contribution < 1.29 is 4.74 Å². The monoisotopic (exact) mass is 166 g/mol. The average Bonchev–Trinajstić information content (AvgIpc) is 2.58. The summed E-state index contributed by atoms with van der Waals surface area (Å²) in [5.74, 6) is 0. The van der Waals surface area contributed by atoms with Gasteiger partial charge in [-0.05, 0) is 17.6 Å². The lowest BCUT2D eigenvalue weighted by Gasteiger charge is -2.05. The first kappa shape index (κ1) is 6.54. The molecule has 1 aliphatic heterocycles. The Morgan fingerprint density at radius 2 is 2.55 bits per heavy atom. The van der Waals surface area contributed by atoms with Crippen LogP contribution in [0, 0.1) is 0 Å². The fourth-order valence-electron chi connectivity index (χ4n) is 0.861. The molecule has 0 atom stereocenters. The molecule has 3 nitrogen and oxygen atoms in total. The van der Waals surface area contributed by atoms with Gasteiger partial charge in [-0.25, -0.2) is 0 Å². The molecule has 0 saturated heterocycles. The van der Waals surface area contributed by atoms with Crippen molar-refractivity contribution in [2.24, 2.45) is 0 Å². The van der Waals surface area contributed by atoms with Crippen LogP contribution in [-0.2, 0) is 4.74 Å². The number of aromatic nitrogens is 2. The van der Waals surface area contributed by atoms with Crippen molar-refractivity contribution >= 4 is 17.1 Å². The summed E-state index contributed by atoms with van der Waals surface area (Å²) in [4.78, 5) is 0. The van der Waals surface area contributed by atoms with Gasteiger partial charge in [0.05, 0.1) is 6.26 Å². The Morgan fingerprint density at radius 3 is 3.18 bits per heavy atom. The SMILES string of the molecule is C1=COCC(c2csnn2)=C1. The maximum atomic E-state index is 5.09. The van der Waals surface area contributed by atoms with Crippen LogP contribution in [0.2, 0.25) is 0 Å². The standard InChI is InChI=1S/C7H6N2OS/c1-2-6(4-10-3-1)7-5-11-9-8-7/h1-3,5H,4H2. The van der Waals surface area contributed by atoms with Gasteiger partial charge in [0.25, 0.3) is 0 Å². The summed E-state index contributed by atoms with van der Waals surface area (Å²) in [6.07, 6.45) is 5.52. The molecule has 4 heteroatoms. The van der Waals surface area contributed by atoms with Gasteiger partial charge in [-0.1, -0.05) is 10.6 Å². The zero-order valence-corrected chi connectivity index (χ0v) is 6.54. The number of ether oxygens (including phenoxy) is 1. The van der Waals surface area contributed by atoms with E-state index in [0.717, 1.165) is 11.3 Å². The second-order valence-electron chi connectivity index (χ2n) is 2.12. The highest BCUT2D eigenvalue weighted by molar-refractivity contribution is 7.03. The molecule has 0 unspecified atom stereocenters. The molecule has 2 rings (SSSR count). The minimum Gasteiger partial charge on any atom is -0.496 e. The molecular weight excluding hydrogens is 160 g/mol. The van der Waals surface area contributed by atoms with Crippen LogP contribution in [0.4, 0.5) is 0 Å². The largest absolute Gasteiger partial charge is 0.496 e. The molecule has 0 bridgehead atoms. The van der Waals surface area contributed by atoms with E-state index >= 15 is 0 Å². The third kappa shape index (κ3) is 1.30. The first-order valence-electron chi connectivity index (χ1n) is 3.21. The number of nitrogens with zero attached hydrogens (tertiary/aromatic N) is 2. The zero-order chi connectivity index (χ0) is 7.52. The summed E-state index contributed by atoms with van der Waals surface area (Å²) in [5, 5.41) is 5.84. The number of allylic oxidation sites excluding steroid dienone is 2. The molecule has 1 aromatic heterocycles. The van der Waals surface area contributed by atoms with Gasteiger partial charge in [-0.15, -0.1) is 5.10 Å². The third-order valence-electron chi connectivity index (χ3n) is 1.40. The van der Waals surface area contributed by atoms with Crippen LogP contribution in [0.15, 0.2) is 23.8 Å². The summed E-state index contributed by atoms with van der Waals surface area (Å²) in [6.45, 7) is 0.599. The molecule has 0 spiro atoms. The van der Waals surface area contributed by atoms with Gasteiger partial charge in [0, 0.05) is 11.0 Å². The average molecular weight is 166 g/mol. The minimum absolute atomic E-state index is 0.599. The number of hydrogen-bond acceptors (Lipinski definition) is 4. The van der Waals surface area contributed by atoms with Crippen LogP contribution in [0.3, 0.4) is 0 Å². The van der Waals surface area contributed by atoms with Crippen molar-refractivity contribution in [2.75, 3.05) is 6.61 Å². The van der Waals surface area contributed by atoms with Gasteiger partial charge in [0.15, 0.2) is 0 Å². The second kappa shape index (κ2) is 2.84. The van der Waals surface area contributed by atoms with E-state index in [1.54, 1.807) is 6.26 Å². The Balaban J connectivity index is 2.29. The molecule has 0 saturated carbocycles. The first-order valence-corrected chi connectivity index (χ1v) is 4.05. The van der Waals surface area contributed by atoms with E-state index in [2.05, 4.69) is 9.59 Å². The summed E-state index contributed by atoms with van der Waals surface area (Å²) in [7, 11) is 0. The maximum absolute atomic E-state index is 5.09. The Morgan fingerprint density at radius 1 is 1.55 bits per heavy atom. The highest BCUT2D eigenvalue weighted by atomic mass is 32.1. The molecule has 0 aromatic carbocycles. The molecule has 2 heterocycles. The number of rotatable bonds is 1. The normalized spacial score (nSPS) is 15.8. The van der Waals surface area contributed by atoms with E-state index in [-0.39, 0.29) is 0 Å². The Labute approximate surface area is 68.2 Å². The predicted octanol–water partition coefficient (Wildman–Crippen LogP) is 1.47. The molecule has 0 aliphatic carbocycles. The molecule has 0 radical (unpaired) electrons. The van der Waals surface area contributed by atoms with Crippen molar-refractivity contribution in [3.8, 4) is 0 Å². The molecule has 1 aromatic rings. The second-order valence-corrected chi connectivity index (χ2v) is 2.73. The zero-order valence-electron chi connectivity index (χ0n) is 5.73. The van der Waals surface area contributed by atoms with Crippen LogP contribution in [0.25, 0.3) is 5.57 Å². The fourth-order valence-corrected chi connectivity index (χ4v) is 1.34. The molecule has 0 fully saturated rings. The van der Waals surface area contributed by atoms with Crippen molar-refractivity contribution in [3.05, 3.63) is 29.5 Å². The van der Waals surface area contributed by atoms with Crippen LogP contribution >= 0.6 is 11.5 Å². The van der Waals surface area contributed by atoms with Crippen LogP contribution in [0.1, 0.15) is 5.69 Å². The third-order valence-corrected chi connectivity index (χ3v) is 1.90. The predicted molar refractivity (Wildman–Crippen MR) is 43.0 cm³/mol. The van der Waals surface area contributed by atoms with Gasteiger partial charge in [-0.3, -0.25) is 0 Å². The van der Waals surface area contributed by atoms with Gasteiger partial charge >= 0.3 is 0 Å². The minimum atomic E-state index is 0.599. The quantitative estimate of drug-likeness (QED) is 0.633. The maximum Gasteiger partial charge on any atom is 0.115 e. The van der Waals surface area contributed by atoms with Crippen LogP contribution in [0.5, 0.6) is 0 Å². The smallest absolute Gasteiger partial charge is 0.115 e. The lowest BCUT2D eigenvalue weighted by Crippen LogP contribution is -1.96. The van der Waals surface area contributed by atoms with Crippen LogP contribution < -0.4 is 0 Å². The molecule has 0 N–H and O–H groups in total. The molecular formula is C7H6N2OS. The summed E-state index contributed by atoms with van der Waals surface area (Å²) < 4.78 is 8.86. The van der Waals surface area contributed by atoms with Crippen molar-refractivity contribution in [3.63, 3.8) is 0 Å². The Bertz CT molecular complexity index is 289. The molecule has 56 valence electrons. The Kier molecular flexibility index (Phi) is 1.69. The van der Waals surface area contributed by atoms with Gasteiger partial charge in [0.1, 0.15) is 12.3 Å².